The summed E-state index contributed by atoms with van der Waals surface area (Å²) in [5, 5.41) is 2.84. The molecule has 142 valence electrons. The minimum Gasteiger partial charge on any atom is -0.304 e. The molecule has 0 amide bonds. The summed E-state index contributed by atoms with van der Waals surface area (Å²) in [6.45, 7) is 8.53. The predicted octanol–water partition coefficient (Wildman–Crippen LogP) is 4.27. The summed E-state index contributed by atoms with van der Waals surface area (Å²) in [4.78, 5) is 7.85. The van der Waals surface area contributed by atoms with Crippen molar-refractivity contribution in [3.8, 4) is 0 Å². The van der Waals surface area contributed by atoms with E-state index in [1.807, 2.05) is 11.3 Å². The van der Waals surface area contributed by atoms with Gasteiger partial charge in [0.05, 0.1) is 0 Å². The van der Waals surface area contributed by atoms with Gasteiger partial charge in [0.1, 0.15) is 0 Å². The molecule has 0 saturated carbocycles. The molecule has 0 bridgehead atoms. The Morgan fingerprint density at radius 2 is 1.59 bits per heavy atom. The predicted molar refractivity (Wildman–Crippen MR) is 117 cm³/mol. The molecule has 0 atom stereocenters. The molecule has 2 fully saturated rings. The molecule has 4 heteroatoms. The van der Waals surface area contributed by atoms with Crippen molar-refractivity contribution in [2.24, 2.45) is 0 Å². The molecule has 3 aromatic rings. The number of fused-ring (bicyclic) bond motifs is 3. The van der Waals surface area contributed by atoms with Crippen LogP contribution in [-0.2, 0) is 6.54 Å². The van der Waals surface area contributed by atoms with Crippen LogP contribution < -0.4 is 0 Å². The largest absolute Gasteiger partial charge is 0.304 e. The summed E-state index contributed by atoms with van der Waals surface area (Å²) in [6.07, 6.45) is 2.65. The molecule has 1 aromatic heterocycles. The van der Waals surface area contributed by atoms with E-state index in [1.54, 1.807) is 0 Å². The second kappa shape index (κ2) is 7.51. The minimum atomic E-state index is 0.804. The van der Waals surface area contributed by atoms with Crippen LogP contribution in [0.3, 0.4) is 0 Å². The minimum absolute atomic E-state index is 0.804. The first-order chi connectivity index (χ1) is 13.3. The smallest absolute Gasteiger partial charge is 0.0355 e. The van der Waals surface area contributed by atoms with E-state index in [0.717, 1.165) is 12.6 Å². The fourth-order valence-corrected chi connectivity index (χ4v) is 5.85. The number of piperazine rings is 1. The Labute approximate surface area is 166 Å². The first-order valence-corrected chi connectivity index (χ1v) is 11.1. The highest BCUT2D eigenvalue weighted by atomic mass is 32.1. The van der Waals surface area contributed by atoms with Crippen LogP contribution >= 0.6 is 11.3 Å². The Balaban J connectivity index is 1.24. The van der Waals surface area contributed by atoms with Crippen molar-refractivity contribution in [1.29, 1.82) is 0 Å². The second-order valence-corrected chi connectivity index (χ2v) is 9.36. The van der Waals surface area contributed by atoms with Crippen LogP contribution in [0.5, 0.6) is 0 Å². The van der Waals surface area contributed by atoms with Gasteiger partial charge >= 0.3 is 0 Å². The van der Waals surface area contributed by atoms with E-state index >= 15 is 0 Å². The van der Waals surface area contributed by atoms with Crippen molar-refractivity contribution in [2.75, 3.05) is 46.3 Å². The third kappa shape index (κ3) is 3.64. The molecule has 0 aliphatic carbocycles. The number of likely N-dealkylation sites (N-methyl/N-ethyl adjacent to an activating group) is 1. The van der Waals surface area contributed by atoms with Gasteiger partial charge in [0.2, 0.25) is 0 Å². The van der Waals surface area contributed by atoms with Gasteiger partial charge in [-0.2, -0.15) is 0 Å². The molecule has 5 rings (SSSR count). The van der Waals surface area contributed by atoms with Crippen LogP contribution in [0.25, 0.3) is 20.2 Å². The monoisotopic (exact) mass is 379 g/mol. The molecule has 2 aliphatic rings. The maximum atomic E-state index is 2.74. The molecule has 27 heavy (non-hydrogen) atoms. The van der Waals surface area contributed by atoms with E-state index in [4.69, 9.17) is 0 Å². The summed E-state index contributed by atoms with van der Waals surface area (Å²) in [7, 11) is 2.24. The Kier molecular flexibility index (Phi) is 4.91. The van der Waals surface area contributed by atoms with Gasteiger partial charge in [-0.15, -0.1) is 11.3 Å². The van der Waals surface area contributed by atoms with Crippen molar-refractivity contribution in [3.05, 3.63) is 48.0 Å². The quantitative estimate of drug-likeness (QED) is 0.673. The fraction of sp³-hybridized carbons (Fsp3) is 0.478. The number of thiophene rings is 1. The van der Waals surface area contributed by atoms with Gasteiger partial charge in [0.25, 0.3) is 0 Å². The van der Waals surface area contributed by atoms with Crippen molar-refractivity contribution in [2.45, 2.75) is 25.4 Å². The number of rotatable bonds is 3. The van der Waals surface area contributed by atoms with Gasteiger partial charge in [-0.1, -0.05) is 24.3 Å². The molecule has 0 radical (unpaired) electrons. The van der Waals surface area contributed by atoms with E-state index < -0.39 is 0 Å². The molecule has 2 saturated heterocycles. The number of likely N-dealkylation sites (tertiary alicyclic amines) is 1. The number of nitrogens with zero attached hydrogens (tertiary/aromatic N) is 3. The Morgan fingerprint density at radius 3 is 2.41 bits per heavy atom. The van der Waals surface area contributed by atoms with E-state index in [0.29, 0.717) is 0 Å². The number of hydrogen-bond donors (Lipinski definition) is 0. The molecule has 3 heterocycles. The summed E-state index contributed by atoms with van der Waals surface area (Å²) < 4.78 is 2.81. The fourth-order valence-electron chi connectivity index (χ4n) is 4.76. The van der Waals surface area contributed by atoms with Crippen LogP contribution in [-0.4, -0.2) is 67.1 Å². The summed E-state index contributed by atoms with van der Waals surface area (Å²) >= 11 is 1.91. The Bertz CT molecular complexity index is 918. The molecule has 0 N–H and O–H groups in total. The molecule has 0 spiro atoms. The molecular weight excluding hydrogens is 350 g/mol. The van der Waals surface area contributed by atoms with E-state index in [-0.39, 0.29) is 0 Å². The summed E-state index contributed by atoms with van der Waals surface area (Å²) in [5.74, 6) is 0. The number of piperidine rings is 1. The van der Waals surface area contributed by atoms with E-state index in [2.05, 4.69) is 64.2 Å². The van der Waals surface area contributed by atoms with Crippen LogP contribution in [0.1, 0.15) is 18.4 Å². The van der Waals surface area contributed by atoms with Crippen LogP contribution in [0.4, 0.5) is 0 Å². The van der Waals surface area contributed by atoms with Crippen LogP contribution in [0, 0.1) is 0 Å². The first-order valence-electron chi connectivity index (χ1n) is 10.3. The van der Waals surface area contributed by atoms with Gasteiger partial charge < -0.3 is 4.90 Å². The van der Waals surface area contributed by atoms with E-state index in [9.17, 15) is 0 Å². The standard InChI is InChI=1S/C23H29N3S/c1-24-12-14-26(15-13-24)19-8-10-25(11-9-19)17-18-6-7-23-21(16-18)20-4-2-3-5-22(20)27-23/h2-7,16,19H,8-15,17H2,1H3. The summed E-state index contributed by atoms with van der Waals surface area (Å²) in [5.41, 5.74) is 1.46. The average Bonchev–Trinajstić information content (AvgIpc) is 3.07. The zero-order valence-corrected chi connectivity index (χ0v) is 17.0. The highest BCUT2D eigenvalue weighted by Gasteiger charge is 2.26. The zero-order chi connectivity index (χ0) is 18.2. The van der Waals surface area contributed by atoms with E-state index in [1.165, 1.54) is 77.8 Å². The maximum absolute atomic E-state index is 2.74. The lowest BCUT2D eigenvalue weighted by Crippen LogP contribution is -2.52. The Hall–Kier alpha value is -1.46. The second-order valence-electron chi connectivity index (χ2n) is 8.28. The van der Waals surface area contributed by atoms with Crippen molar-refractivity contribution in [1.82, 2.24) is 14.7 Å². The van der Waals surface area contributed by atoms with Gasteiger partial charge in [-0.05, 0) is 56.7 Å². The average molecular weight is 380 g/mol. The SMILES string of the molecule is CN1CCN(C2CCN(Cc3ccc4sc5ccccc5c4c3)CC2)CC1. The summed E-state index contributed by atoms with van der Waals surface area (Å²) in [6, 6.07) is 16.7. The lowest BCUT2D eigenvalue weighted by Gasteiger charge is -2.42. The molecule has 2 aliphatic heterocycles. The van der Waals surface area contributed by atoms with Gasteiger partial charge in [0, 0.05) is 58.9 Å². The highest BCUT2D eigenvalue weighted by molar-refractivity contribution is 7.25. The number of benzene rings is 2. The maximum Gasteiger partial charge on any atom is 0.0355 e. The first kappa shape index (κ1) is 17.6. The number of hydrogen-bond acceptors (Lipinski definition) is 4. The lowest BCUT2D eigenvalue weighted by atomic mass is 10.0. The molecular formula is C23H29N3S. The van der Waals surface area contributed by atoms with Crippen LogP contribution in [0.15, 0.2) is 42.5 Å². The third-order valence-corrected chi connectivity index (χ3v) is 7.61. The molecule has 0 unspecified atom stereocenters. The third-order valence-electron chi connectivity index (χ3n) is 6.46. The zero-order valence-electron chi connectivity index (χ0n) is 16.2. The van der Waals surface area contributed by atoms with Gasteiger partial charge in [-0.3, -0.25) is 9.80 Å². The van der Waals surface area contributed by atoms with Gasteiger partial charge in [0.15, 0.2) is 0 Å². The Morgan fingerprint density at radius 1 is 0.852 bits per heavy atom. The lowest BCUT2D eigenvalue weighted by molar-refractivity contribution is 0.0658. The molecule has 2 aromatic carbocycles. The van der Waals surface area contributed by atoms with Crippen LogP contribution in [0.2, 0.25) is 0 Å². The van der Waals surface area contributed by atoms with Gasteiger partial charge in [-0.25, -0.2) is 0 Å². The van der Waals surface area contributed by atoms with Crippen molar-refractivity contribution in [3.63, 3.8) is 0 Å². The normalized spacial score (nSPS) is 21.4. The van der Waals surface area contributed by atoms with Crippen molar-refractivity contribution >= 4 is 31.5 Å². The topological polar surface area (TPSA) is 9.72 Å². The highest BCUT2D eigenvalue weighted by Crippen LogP contribution is 2.34. The molecule has 3 nitrogen and oxygen atoms in total. The van der Waals surface area contributed by atoms with Crippen molar-refractivity contribution < 1.29 is 0 Å².